The summed E-state index contributed by atoms with van der Waals surface area (Å²) < 4.78 is 19.1. The van der Waals surface area contributed by atoms with Crippen molar-refractivity contribution < 1.29 is 13.9 Å². The number of pyridine rings is 1. The zero-order chi connectivity index (χ0) is 27.0. The van der Waals surface area contributed by atoms with Gasteiger partial charge in [-0.25, -0.2) is 4.39 Å². The quantitative estimate of drug-likeness (QED) is 0.628. The summed E-state index contributed by atoms with van der Waals surface area (Å²) in [5, 5.41) is 3.63. The fourth-order valence-corrected chi connectivity index (χ4v) is 6.23. The predicted molar refractivity (Wildman–Crippen MR) is 148 cm³/mol. The molecule has 1 N–H and O–H groups in total. The van der Waals surface area contributed by atoms with Gasteiger partial charge in [0.25, 0.3) is 0 Å². The average molecular weight is 524 g/mol. The van der Waals surface area contributed by atoms with Gasteiger partial charge in [0.05, 0.1) is 25.4 Å². The summed E-state index contributed by atoms with van der Waals surface area (Å²) in [5.74, 6) is -0.106. The third-order valence-corrected chi connectivity index (χ3v) is 8.45. The molecule has 38 heavy (non-hydrogen) atoms. The van der Waals surface area contributed by atoms with Crippen LogP contribution in [0.4, 0.5) is 10.1 Å². The Hall–Kier alpha value is -2.39. The first kappa shape index (κ1) is 27.2. The number of aromatic nitrogens is 1. The van der Waals surface area contributed by atoms with E-state index in [2.05, 4.69) is 55.8 Å². The van der Waals surface area contributed by atoms with Crippen molar-refractivity contribution in [2.45, 2.75) is 70.6 Å². The Morgan fingerprint density at radius 2 is 1.87 bits per heavy atom. The van der Waals surface area contributed by atoms with Crippen LogP contribution in [-0.4, -0.2) is 90.8 Å². The van der Waals surface area contributed by atoms with E-state index < -0.39 is 0 Å². The van der Waals surface area contributed by atoms with Crippen molar-refractivity contribution in [3.63, 3.8) is 0 Å². The minimum absolute atomic E-state index is 0.137. The second-order valence-corrected chi connectivity index (χ2v) is 12.2. The number of benzene rings is 1. The van der Waals surface area contributed by atoms with Crippen LogP contribution < -0.4 is 10.2 Å². The normalized spacial score (nSPS) is 27.9. The van der Waals surface area contributed by atoms with E-state index >= 15 is 0 Å². The summed E-state index contributed by atoms with van der Waals surface area (Å²) in [6.45, 7) is 16.2. The maximum Gasteiger partial charge on any atom is 0.241 e. The molecule has 0 aliphatic carbocycles. The molecule has 2 aromatic rings. The first-order valence-corrected chi connectivity index (χ1v) is 14.0. The van der Waals surface area contributed by atoms with Crippen LogP contribution in [0.1, 0.15) is 51.4 Å². The second kappa shape index (κ2) is 11.0. The Morgan fingerprint density at radius 1 is 1.16 bits per heavy atom. The summed E-state index contributed by atoms with van der Waals surface area (Å²) >= 11 is 0. The number of morpholine rings is 1. The van der Waals surface area contributed by atoms with Gasteiger partial charge in [-0.15, -0.1) is 0 Å². The molecular formula is C30H42FN5O2. The SMILES string of the molecule is C[C@@H]1CN(CC(=O)N2CC(C)(C)c3cnc(Cc4ccc(F)cc4)cc32)C(CN2[C@H](C)COC[C@H]2C)CN1. The molecule has 206 valence electrons. The number of carbonyl (C=O) groups excluding carboxylic acids is 1. The lowest BCUT2D eigenvalue weighted by molar-refractivity contribution is -0.121. The first-order valence-electron chi connectivity index (χ1n) is 14.0. The minimum Gasteiger partial charge on any atom is -0.378 e. The van der Waals surface area contributed by atoms with E-state index in [0.717, 1.165) is 55.4 Å². The van der Waals surface area contributed by atoms with E-state index in [0.29, 0.717) is 37.6 Å². The molecule has 0 bridgehead atoms. The maximum atomic E-state index is 13.9. The van der Waals surface area contributed by atoms with Crippen molar-refractivity contribution in [1.82, 2.24) is 20.1 Å². The zero-order valence-electron chi connectivity index (χ0n) is 23.4. The molecule has 8 heteroatoms. The molecule has 1 aromatic carbocycles. The molecule has 1 unspecified atom stereocenters. The standard InChI is InChI=1S/C30H42FN5O2/c1-20-14-34(26(12-32-20)15-35-21(2)17-38-18-22(35)3)16-29(37)36-19-30(4,5)27-13-33-25(11-28(27)36)10-23-6-8-24(31)9-7-23/h6-9,11,13,20-22,26,32H,10,12,14-19H2,1-5H3/t20-,21-,22-,26?/m1/s1. The number of hydrogen-bond donors (Lipinski definition) is 1. The lowest BCUT2D eigenvalue weighted by Crippen LogP contribution is -2.63. The predicted octanol–water partition coefficient (Wildman–Crippen LogP) is 3.21. The lowest BCUT2D eigenvalue weighted by Gasteiger charge is -2.46. The second-order valence-electron chi connectivity index (χ2n) is 12.2. The Morgan fingerprint density at radius 3 is 2.58 bits per heavy atom. The highest BCUT2D eigenvalue weighted by molar-refractivity contribution is 5.97. The summed E-state index contributed by atoms with van der Waals surface area (Å²) in [7, 11) is 0. The molecule has 3 aliphatic heterocycles. The molecule has 0 saturated carbocycles. The molecule has 1 amide bonds. The minimum atomic E-state index is -0.243. The zero-order valence-corrected chi connectivity index (χ0v) is 23.4. The van der Waals surface area contributed by atoms with Gasteiger partial charge in [0, 0.05) is 79.6 Å². The first-order chi connectivity index (χ1) is 18.1. The summed E-state index contributed by atoms with van der Waals surface area (Å²) in [6.07, 6.45) is 2.53. The van der Waals surface area contributed by atoms with E-state index in [9.17, 15) is 9.18 Å². The van der Waals surface area contributed by atoms with Crippen LogP contribution in [0.3, 0.4) is 0 Å². The van der Waals surface area contributed by atoms with E-state index in [4.69, 9.17) is 9.72 Å². The van der Waals surface area contributed by atoms with Crippen LogP contribution in [0.2, 0.25) is 0 Å². The molecule has 3 aliphatic rings. The highest BCUT2D eigenvalue weighted by Crippen LogP contribution is 2.40. The van der Waals surface area contributed by atoms with Crippen molar-refractivity contribution in [1.29, 1.82) is 0 Å². The molecule has 7 nitrogen and oxygen atoms in total. The third kappa shape index (κ3) is 5.78. The molecule has 2 saturated heterocycles. The number of ether oxygens (including phenoxy) is 1. The number of carbonyl (C=O) groups is 1. The van der Waals surface area contributed by atoms with Crippen molar-refractivity contribution in [3.8, 4) is 0 Å². The van der Waals surface area contributed by atoms with Crippen LogP contribution in [0.15, 0.2) is 36.5 Å². The molecule has 2 fully saturated rings. The van der Waals surface area contributed by atoms with Gasteiger partial charge in [0.1, 0.15) is 5.82 Å². The molecule has 4 atom stereocenters. The number of piperazine rings is 1. The van der Waals surface area contributed by atoms with Gasteiger partial charge in [-0.2, -0.15) is 0 Å². The number of halogens is 1. The smallest absolute Gasteiger partial charge is 0.241 e. The number of nitrogens with zero attached hydrogens (tertiary/aromatic N) is 4. The van der Waals surface area contributed by atoms with Crippen molar-refractivity contribution in [2.75, 3.05) is 50.8 Å². The number of hydrogen-bond acceptors (Lipinski definition) is 6. The van der Waals surface area contributed by atoms with Crippen molar-refractivity contribution in [3.05, 3.63) is 59.2 Å². The number of amides is 1. The fraction of sp³-hybridized carbons (Fsp3) is 0.600. The highest BCUT2D eigenvalue weighted by atomic mass is 19.1. The largest absolute Gasteiger partial charge is 0.378 e. The molecule has 0 radical (unpaired) electrons. The number of rotatable bonds is 6. The third-order valence-electron chi connectivity index (χ3n) is 8.45. The van der Waals surface area contributed by atoms with Crippen LogP contribution in [0.5, 0.6) is 0 Å². The van der Waals surface area contributed by atoms with E-state index in [1.807, 2.05) is 11.1 Å². The Kier molecular flexibility index (Phi) is 7.87. The Labute approximate surface area is 226 Å². The van der Waals surface area contributed by atoms with Crippen LogP contribution in [0.25, 0.3) is 0 Å². The monoisotopic (exact) mass is 523 g/mol. The molecule has 4 heterocycles. The highest BCUT2D eigenvalue weighted by Gasteiger charge is 2.40. The van der Waals surface area contributed by atoms with E-state index in [1.54, 1.807) is 12.1 Å². The number of anilines is 1. The lowest BCUT2D eigenvalue weighted by atomic mass is 9.88. The Bertz CT molecular complexity index is 1130. The van der Waals surface area contributed by atoms with Gasteiger partial charge in [0.2, 0.25) is 5.91 Å². The van der Waals surface area contributed by atoms with Gasteiger partial charge >= 0.3 is 0 Å². The molecular weight excluding hydrogens is 481 g/mol. The molecule has 0 spiro atoms. The number of fused-ring (bicyclic) bond motifs is 1. The van der Waals surface area contributed by atoms with Crippen LogP contribution >= 0.6 is 0 Å². The van der Waals surface area contributed by atoms with Crippen molar-refractivity contribution >= 4 is 11.6 Å². The molecule has 5 rings (SSSR count). The van der Waals surface area contributed by atoms with Gasteiger partial charge < -0.3 is 15.0 Å². The van der Waals surface area contributed by atoms with E-state index in [-0.39, 0.29) is 23.2 Å². The van der Waals surface area contributed by atoms with Crippen LogP contribution in [-0.2, 0) is 21.4 Å². The van der Waals surface area contributed by atoms with Gasteiger partial charge in [0.15, 0.2) is 0 Å². The van der Waals surface area contributed by atoms with Crippen LogP contribution in [0, 0.1) is 5.82 Å². The topological polar surface area (TPSA) is 60.9 Å². The average Bonchev–Trinajstić information content (AvgIpc) is 3.14. The summed E-state index contributed by atoms with van der Waals surface area (Å²) in [6, 6.07) is 9.93. The fourth-order valence-electron chi connectivity index (χ4n) is 6.23. The maximum absolute atomic E-state index is 13.9. The summed E-state index contributed by atoms with van der Waals surface area (Å²) in [4.78, 5) is 25.5. The van der Waals surface area contributed by atoms with Gasteiger partial charge in [-0.05, 0) is 44.5 Å². The van der Waals surface area contributed by atoms with Gasteiger partial charge in [-0.3, -0.25) is 19.6 Å². The number of nitrogens with one attached hydrogen (secondary N) is 1. The summed E-state index contributed by atoms with van der Waals surface area (Å²) in [5.41, 5.74) is 3.78. The Balaban J connectivity index is 1.33. The van der Waals surface area contributed by atoms with E-state index in [1.165, 1.54) is 12.1 Å². The molecule has 1 aromatic heterocycles. The van der Waals surface area contributed by atoms with Gasteiger partial charge in [-0.1, -0.05) is 26.0 Å². The van der Waals surface area contributed by atoms with Crippen molar-refractivity contribution in [2.24, 2.45) is 0 Å².